The van der Waals surface area contributed by atoms with Crippen LogP contribution in [0.25, 0.3) is 11.3 Å². The van der Waals surface area contributed by atoms with E-state index in [0.717, 1.165) is 5.56 Å². The second kappa shape index (κ2) is 7.28. The van der Waals surface area contributed by atoms with Crippen molar-refractivity contribution in [3.63, 3.8) is 0 Å². The van der Waals surface area contributed by atoms with Crippen LogP contribution < -0.4 is 0 Å². The molecule has 4 rings (SSSR count). The average Bonchev–Trinajstić information content (AvgIpc) is 3.18. The van der Waals surface area contributed by atoms with Gasteiger partial charge in [0.1, 0.15) is 17.7 Å². The molecule has 1 amide bonds. The molecule has 3 aromatic rings. The van der Waals surface area contributed by atoms with Gasteiger partial charge in [-0.25, -0.2) is 8.78 Å². The van der Waals surface area contributed by atoms with Gasteiger partial charge in [-0.2, -0.15) is 5.10 Å². The van der Waals surface area contributed by atoms with Crippen LogP contribution in [0.15, 0.2) is 54.7 Å². The predicted molar refractivity (Wildman–Crippen MR) is 95.0 cm³/mol. The number of nitrogens with zero attached hydrogens (tertiary/aromatic N) is 2. The Hall–Kier alpha value is -3.06. The van der Waals surface area contributed by atoms with Gasteiger partial charge in [0, 0.05) is 12.1 Å². The maximum Gasteiger partial charge on any atom is 0.257 e. The maximum absolute atomic E-state index is 13.2. The van der Waals surface area contributed by atoms with Crippen molar-refractivity contribution in [2.24, 2.45) is 0 Å². The van der Waals surface area contributed by atoms with Gasteiger partial charge in [-0.05, 0) is 42.0 Å². The summed E-state index contributed by atoms with van der Waals surface area (Å²) in [5, 5.41) is 6.80. The van der Waals surface area contributed by atoms with E-state index < -0.39 is 0 Å². The second-order valence-corrected chi connectivity index (χ2v) is 6.33. The minimum Gasteiger partial charge on any atom is -0.370 e. The molecule has 0 saturated carbocycles. The van der Waals surface area contributed by atoms with Crippen LogP contribution in [0.4, 0.5) is 8.78 Å². The van der Waals surface area contributed by atoms with E-state index in [4.69, 9.17) is 4.74 Å². The first kappa shape index (κ1) is 17.4. The monoisotopic (exact) mass is 369 g/mol. The van der Waals surface area contributed by atoms with Crippen LogP contribution in [-0.4, -0.2) is 40.7 Å². The molecular weight excluding hydrogens is 352 g/mol. The average molecular weight is 369 g/mol. The molecule has 1 N–H and O–H groups in total. The van der Waals surface area contributed by atoms with Gasteiger partial charge < -0.3 is 9.64 Å². The van der Waals surface area contributed by atoms with Crippen LogP contribution in [0, 0.1) is 11.6 Å². The summed E-state index contributed by atoms with van der Waals surface area (Å²) < 4.78 is 32.1. The van der Waals surface area contributed by atoms with Gasteiger partial charge >= 0.3 is 0 Å². The van der Waals surface area contributed by atoms with E-state index in [-0.39, 0.29) is 23.6 Å². The first-order chi connectivity index (χ1) is 13.1. The summed E-state index contributed by atoms with van der Waals surface area (Å²) in [5.74, 6) is -0.843. The van der Waals surface area contributed by atoms with Gasteiger partial charge in [-0.15, -0.1) is 0 Å². The molecule has 1 atom stereocenters. The van der Waals surface area contributed by atoms with E-state index in [1.54, 1.807) is 29.2 Å². The Morgan fingerprint density at radius 1 is 1.07 bits per heavy atom. The highest BCUT2D eigenvalue weighted by Crippen LogP contribution is 2.26. The number of aromatic nitrogens is 2. The number of amides is 1. The van der Waals surface area contributed by atoms with Crippen molar-refractivity contribution in [2.75, 3.05) is 19.7 Å². The fourth-order valence-corrected chi connectivity index (χ4v) is 3.17. The normalized spacial score (nSPS) is 17.1. The summed E-state index contributed by atoms with van der Waals surface area (Å²) in [6, 6.07) is 11.9. The van der Waals surface area contributed by atoms with E-state index in [0.29, 0.717) is 36.5 Å². The number of hydrogen-bond donors (Lipinski definition) is 1. The number of ether oxygens (including phenoxy) is 1. The van der Waals surface area contributed by atoms with E-state index in [9.17, 15) is 13.6 Å². The molecule has 0 spiro atoms. The van der Waals surface area contributed by atoms with Crippen LogP contribution in [0.1, 0.15) is 22.0 Å². The van der Waals surface area contributed by atoms with Gasteiger partial charge in [-0.3, -0.25) is 9.89 Å². The first-order valence-corrected chi connectivity index (χ1v) is 8.57. The van der Waals surface area contributed by atoms with Crippen LogP contribution in [-0.2, 0) is 4.74 Å². The van der Waals surface area contributed by atoms with E-state index in [1.165, 1.54) is 30.5 Å². The van der Waals surface area contributed by atoms with Gasteiger partial charge in [0.15, 0.2) is 0 Å². The number of carbonyl (C=O) groups is 1. The van der Waals surface area contributed by atoms with Crippen LogP contribution >= 0.6 is 0 Å². The number of rotatable bonds is 3. The van der Waals surface area contributed by atoms with Crippen LogP contribution in [0.3, 0.4) is 0 Å². The van der Waals surface area contributed by atoms with Gasteiger partial charge in [0.2, 0.25) is 0 Å². The second-order valence-electron chi connectivity index (χ2n) is 6.33. The molecule has 1 aliphatic rings. The van der Waals surface area contributed by atoms with Crippen LogP contribution in [0.5, 0.6) is 0 Å². The Morgan fingerprint density at radius 3 is 2.44 bits per heavy atom. The maximum atomic E-state index is 13.2. The number of carbonyl (C=O) groups excluding carboxylic acids is 1. The number of nitrogens with one attached hydrogen (secondary N) is 1. The number of aromatic amines is 1. The minimum absolute atomic E-state index is 0.182. The topological polar surface area (TPSA) is 58.2 Å². The zero-order valence-electron chi connectivity index (χ0n) is 14.4. The first-order valence-electron chi connectivity index (χ1n) is 8.57. The van der Waals surface area contributed by atoms with Crippen molar-refractivity contribution >= 4 is 5.91 Å². The summed E-state index contributed by atoms with van der Waals surface area (Å²) in [6.45, 7) is 1.20. The third kappa shape index (κ3) is 3.59. The Kier molecular flexibility index (Phi) is 4.68. The molecule has 5 nitrogen and oxygen atoms in total. The zero-order chi connectivity index (χ0) is 18.8. The molecule has 7 heteroatoms. The molecule has 0 radical (unpaired) electrons. The third-order valence-corrected chi connectivity index (χ3v) is 4.60. The molecule has 0 bridgehead atoms. The molecule has 138 valence electrons. The highest BCUT2D eigenvalue weighted by molar-refractivity contribution is 5.99. The molecule has 2 aromatic carbocycles. The van der Waals surface area contributed by atoms with Crippen molar-refractivity contribution in [2.45, 2.75) is 6.10 Å². The molecule has 27 heavy (non-hydrogen) atoms. The van der Waals surface area contributed by atoms with Crippen molar-refractivity contribution < 1.29 is 18.3 Å². The molecular formula is C20H17F2N3O2. The van der Waals surface area contributed by atoms with Gasteiger partial charge in [0.05, 0.1) is 30.6 Å². The highest BCUT2D eigenvalue weighted by Gasteiger charge is 2.28. The Labute approximate surface area is 154 Å². The fraction of sp³-hybridized carbons (Fsp3) is 0.200. The quantitative estimate of drug-likeness (QED) is 0.768. The lowest BCUT2D eigenvalue weighted by Crippen LogP contribution is -2.42. The van der Waals surface area contributed by atoms with Crippen molar-refractivity contribution in [1.82, 2.24) is 15.1 Å². The Morgan fingerprint density at radius 2 is 1.74 bits per heavy atom. The third-order valence-electron chi connectivity index (χ3n) is 4.60. The lowest BCUT2D eigenvalue weighted by molar-refractivity contribution is -0.0228. The van der Waals surface area contributed by atoms with E-state index in [1.807, 2.05) is 0 Å². The predicted octanol–water partition coefficient (Wildman–Crippen LogP) is 3.57. The number of halogens is 2. The lowest BCUT2D eigenvalue weighted by Gasteiger charge is -2.33. The molecule has 1 aliphatic heterocycles. The van der Waals surface area contributed by atoms with Crippen LogP contribution in [0.2, 0.25) is 0 Å². The van der Waals surface area contributed by atoms with Gasteiger partial charge in [-0.1, -0.05) is 12.1 Å². The number of H-pyrrole nitrogens is 1. The number of benzene rings is 2. The Balaban J connectivity index is 1.55. The molecule has 1 fully saturated rings. The molecule has 1 saturated heterocycles. The Bertz CT molecular complexity index is 939. The fourth-order valence-electron chi connectivity index (χ4n) is 3.17. The van der Waals surface area contributed by atoms with Crippen molar-refractivity contribution in [3.05, 3.63) is 77.5 Å². The van der Waals surface area contributed by atoms with Crippen molar-refractivity contribution in [3.8, 4) is 11.3 Å². The smallest absolute Gasteiger partial charge is 0.257 e. The lowest BCUT2D eigenvalue weighted by atomic mass is 10.0. The summed E-state index contributed by atoms with van der Waals surface area (Å²) in [7, 11) is 0. The largest absolute Gasteiger partial charge is 0.370 e. The van der Waals surface area contributed by atoms with Gasteiger partial charge in [0.25, 0.3) is 5.91 Å². The molecule has 0 unspecified atom stereocenters. The standard InChI is InChI=1S/C20H17F2N3O2/c21-15-5-1-13(2-6-15)18-12-25(9-10-27-18)20(26)17-11-23-24-19(17)14-3-7-16(22)8-4-14/h1-8,11,18H,9-10,12H2,(H,23,24)/t18-/m0/s1. The summed E-state index contributed by atoms with van der Waals surface area (Å²) in [4.78, 5) is 14.7. The minimum atomic E-state index is -0.346. The SMILES string of the molecule is O=C(c1cn[nH]c1-c1ccc(F)cc1)N1CCO[C@H](c2ccc(F)cc2)C1. The summed E-state index contributed by atoms with van der Waals surface area (Å²) >= 11 is 0. The summed E-state index contributed by atoms with van der Waals surface area (Å²) in [6.07, 6.45) is 1.16. The van der Waals surface area contributed by atoms with E-state index >= 15 is 0 Å². The molecule has 2 heterocycles. The number of hydrogen-bond acceptors (Lipinski definition) is 3. The molecule has 1 aromatic heterocycles. The highest BCUT2D eigenvalue weighted by atomic mass is 19.1. The van der Waals surface area contributed by atoms with E-state index in [2.05, 4.69) is 10.2 Å². The number of morpholine rings is 1. The van der Waals surface area contributed by atoms with Crippen molar-refractivity contribution in [1.29, 1.82) is 0 Å². The summed E-state index contributed by atoms with van der Waals surface area (Å²) in [5.41, 5.74) is 2.46. The zero-order valence-corrected chi connectivity index (χ0v) is 14.4. The molecule has 0 aliphatic carbocycles.